The molecule has 2 aliphatic heterocycles. The van der Waals surface area contributed by atoms with Crippen molar-refractivity contribution in [2.24, 2.45) is 0 Å². The van der Waals surface area contributed by atoms with E-state index in [2.05, 4.69) is 34.1 Å². The fourth-order valence-corrected chi connectivity index (χ4v) is 3.51. The standard InChI is InChI=1S/C19H29N3O3/c1-24-16-18-15-22(13-14-25-18)19(23)7-8-20-9-11-21(12-10-20)17-5-3-2-4-6-17/h2-6,18H,7-16H2,1H3. The third-order valence-electron chi connectivity index (χ3n) is 4.98. The smallest absolute Gasteiger partial charge is 0.224 e. The molecule has 0 radical (unpaired) electrons. The van der Waals surface area contributed by atoms with Gasteiger partial charge in [-0.1, -0.05) is 18.2 Å². The van der Waals surface area contributed by atoms with E-state index in [-0.39, 0.29) is 12.0 Å². The van der Waals surface area contributed by atoms with Crippen LogP contribution < -0.4 is 4.90 Å². The maximum absolute atomic E-state index is 12.5. The van der Waals surface area contributed by atoms with Crippen molar-refractivity contribution in [1.82, 2.24) is 9.80 Å². The van der Waals surface area contributed by atoms with Gasteiger partial charge in [0, 0.05) is 65.0 Å². The second-order valence-electron chi connectivity index (χ2n) is 6.70. The summed E-state index contributed by atoms with van der Waals surface area (Å²) in [6, 6.07) is 10.5. The monoisotopic (exact) mass is 347 g/mol. The SMILES string of the molecule is COCC1CN(C(=O)CCN2CCN(c3ccccc3)CC2)CCO1. The van der Waals surface area contributed by atoms with Crippen LogP contribution in [0.1, 0.15) is 6.42 Å². The first-order valence-corrected chi connectivity index (χ1v) is 9.17. The molecule has 0 bridgehead atoms. The molecule has 0 aromatic heterocycles. The normalized spacial score (nSPS) is 22.2. The Morgan fingerprint density at radius 1 is 1.16 bits per heavy atom. The molecule has 1 unspecified atom stereocenters. The van der Waals surface area contributed by atoms with Crippen molar-refractivity contribution in [1.29, 1.82) is 0 Å². The van der Waals surface area contributed by atoms with E-state index in [4.69, 9.17) is 9.47 Å². The zero-order valence-corrected chi connectivity index (χ0v) is 15.1. The molecule has 1 amide bonds. The first-order valence-electron chi connectivity index (χ1n) is 9.17. The summed E-state index contributed by atoms with van der Waals surface area (Å²) in [5.74, 6) is 0.231. The van der Waals surface area contributed by atoms with Crippen LogP contribution >= 0.6 is 0 Å². The molecule has 2 fully saturated rings. The number of ether oxygens (including phenoxy) is 2. The van der Waals surface area contributed by atoms with Crippen molar-refractivity contribution >= 4 is 11.6 Å². The molecular formula is C19H29N3O3. The Hall–Kier alpha value is -1.63. The number of rotatable bonds is 6. The lowest BCUT2D eigenvalue weighted by atomic mass is 10.2. The Morgan fingerprint density at radius 2 is 1.92 bits per heavy atom. The maximum Gasteiger partial charge on any atom is 0.224 e. The van der Waals surface area contributed by atoms with Crippen LogP contribution in [0, 0.1) is 0 Å². The second-order valence-corrected chi connectivity index (χ2v) is 6.70. The van der Waals surface area contributed by atoms with Crippen molar-refractivity contribution in [3.05, 3.63) is 30.3 Å². The molecule has 25 heavy (non-hydrogen) atoms. The summed E-state index contributed by atoms with van der Waals surface area (Å²) in [7, 11) is 1.67. The first kappa shape index (κ1) is 18.2. The molecule has 0 N–H and O–H groups in total. The minimum atomic E-state index is 0.0112. The van der Waals surface area contributed by atoms with Crippen molar-refractivity contribution in [3.8, 4) is 0 Å². The molecule has 3 rings (SSSR count). The minimum absolute atomic E-state index is 0.0112. The van der Waals surface area contributed by atoms with Crippen LogP contribution in [0.4, 0.5) is 5.69 Å². The van der Waals surface area contributed by atoms with E-state index in [0.717, 1.165) is 32.7 Å². The van der Waals surface area contributed by atoms with Gasteiger partial charge in [0.1, 0.15) is 0 Å². The average molecular weight is 347 g/mol. The van der Waals surface area contributed by atoms with Gasteiger partial charge in [0.2, 0.25) is 5.91 Å². The highest BCUT2D eigenvalue weighted by Gasteiger charge is 2.25. The summed E-state index contributed by atoms with van der Waals surface area (Å²) in [4.78, 5) is 19.2. The Labute approximate surface area is 150 Å². The first-order chi connectivity index (χ1) is 12.3. The third kappa shape index (κ3) is 5.17. The summed E-state index contributed by atoms with van der Waals surface area (Å²) >= 11 is 0. The van der Waals surface area contributed by atoms with Gasteiger partial charge in [-0.05, 0) is 12.1 Å². The van der Waals surface area contributed by atoms with E-state index < -0.39 is 0 Å². The maximum atomic E-state index is 12.5. The molecule has 6 nitrogen and oxygen atoms in total. The van der Waals surface area contributed by atoms with Crippen molar-refractivity contribution in [2.75, 3.05) is 71.0 Å². The lowest BCUT2D eigenvalue weighted by Gasteiger charge is -2.37. The quantitative estimate of drug-likeness (QED) is 0.770. The molecule has 0 spiro atoms. The fraction of sp³-hybridized carbons (Fsp3) is 0.632. The highest BCUT2D eigenvalue weighted by Crippen LogP contribution is 2.16. The molecule has 1 aromatic carbocycles. The second kappa shape index (κ2) is 9.17. The van der Waals surface area contributed by atoms with Crippen LogP contribution in [0.25, 0.3) is 0 Å². The average Bonchev–Trinajstić information content (AvgIpc) is 2.68. The van der Waals surface area contributed by atoms with Gasteiger partial charge in [0.25, 0.3) is 0 Å². The number of carbonyl (C=O) groups excluding carboxylic acids is 1. The minimum Gasteiger partial charge on any atom is -0.382 e. The number of hydrogen-bond donors (Lipinski definition) is 0. The molecule has 1 atom stereocenters. The molecule has 6 heteroatoms. The molecule has 138 valence electrons. The zero-order valence-electron chi connectivity index (χ0n) is 15.1. The number of anilines is 1. The van der Waals surface area contributed by atoms with E-state index >= 15 is 0 Å². The zero-order chi connectivity index (χ0) is 17.5. The number of piperazine rings is 1. The highest BCUT2D eigenvalue weighted by molar-refractivity contribution is 5.76. The Kier molecular flexibility index (Phi) is 6.67. The van der Waals surface area contributed by atoms with Gasteiger partial charge >= 0.3 is 0 Å². The number of benzene rings is 1. The van der Waals surface area contributed by atoms with Crippen LogP contribution in [0.5, 0.6) is 0 Å². The molecule has 0 saturated carbocycles. The van der Waals surface area contributed by atoms with E-state index in [1.807, 2.05) is 11.0 Å². The highest BCUT2D eigenvalue weighted by atomic mass is 16.5. The Morgan fingerprint density at radius 3 is 2.64 bits per heavy atom. The predicted octanol–water partition coefficient (Wildman–Crippen LogP) is 1.07. The van der Waals surface area contributed by atoms with E-state index in [1.54, 1.807) is 7.11 Å². The Bertz CT molecular complexity index is 530. The Balaban J connectivity index is 1.38. The van der Waals surface area contributed by atoms with Crippen LogP contribution in [0.3, 0.4) is 0 Å². The molecule has 0 aliphatic carbocycles. The number of carbonyl (C=O) groups is 1. The lowest BCUT2D eigenvalue weighted by Crippen LogP contribution is -2.49. The summed E-state index contributed by atoms with van der Waals surface area (Å²) in [5.41, 5.74) is 1.29. The van der Waals surface area contributed by atoms with E-state index in [1.165, 1.54) is 5.69 Å². The predicted molar refractivity (Wildman–Crippen MR) is 97.9 cm³/mol. The molecular weight excluding hydrogens is 318 g/mol. The van der Waals surface area contributed by atoms with Crippen molar-refractivity contribution in [2.45, 2.75) is 12.5 Å². The number of methoxy groups -OCH3 is 1. The fourth-order valence-electron chi connectivity index (χ4n) is 3.51. The van der Waals surface area contributed by atoms with Crippen molar-refractivity contribution < 1.29 is 14.3 Å². The largest absolute Gasteiger partial charge is 0.382 e. The van der Waals surface area contributed by atoms with E-state index in [9.17, 15) is 4.79 Å². The number of para-hydroxylation sites is 1. The lowest BCUT2D eigenvalue weighted by molar-refractivity contribution is -0.141. The van der Waals surface area contributed by atoms with Crippen LogP contribution in [-0.4, -0.2) is 87.9 Å². The van der Waals surface area contributed by atoms with Gasteiger partial charge < -0.3 is 19.3 Å². The number of amides is 1. The third-order valence-corrected chi connectivity index (χ3v) is 4.98. The van der Waals surface area contributed by atoms with Crippen LogP contribution in [0.15, 0.2) is 30.3 Å². The molecule has 2 aliphatic rings. The van der Waals surface area contributed by atoms with Gasteiger partial charge in [0.15, 0.2) is 0 Å². The molecule has 1 aromatic rings. The van der Waals surface area contributed by atoms with Gasteiger partial charge in [0.05, 0.1) is 19.3 Å². The molecule has 2 saturated heterocycles. The number of hydrogen-bond acceptors (Lipinski definition) is 5. The summed E-state index contributed by atoms with van der Waals surface area (Å²) in [6.45, 7) is 7.40. The van der Waals surface area contributed by atoms with Gasteiger partial charge in [-0.15, -0.1) is 0 Å². The summed E-state index contributed by atoms with van der Waals surface area (Å²) in [5, 5.41) is 0. The van der Waals surface area contributed by atoms with Crippen molar-refractivity contribution in [3.63, 3.8) is 0 Å². The van der Waals surface area contributed by atoms with Gasteiger partial charge in [-0.25, -0.2) is 0 Å². The summed E-state index contributed by atoms with van der Waals surface area (Å²) in [6.07, 6.45) is 0.600. The van der Waals surface area contributed by atoms with Gasteiger partial charge in [-0.2, -0.15) is 0 Å². The number of morpholine rings is 1. The van der Waals surface area contributed by atoms with E-state index in [0.29, 0.717) is 32.7 Å². The topological polar surface area (TPSA) is 45.2 Å². The summed E-state index contributed by atoms with van der Waals surface area (Å²) < 4.78 is 10.7. The number of nitrogens with zero attached hydrogens (tertiary/aromatic N) is 3. The van der Waals surface area contributed by atoms with Crippen LogP contribution in [0.2, 0.25) is 0 Å². The van der Waals surface area contributed by atoms with Crippen LogP contribution in [-0.2, 0) is 14.3 Å². The van der Waals surface area contributed by atoms with Gasteiger partial charge in [-0.3, -0.25) is 9.69 Å². The molecule has 2 heterocycles.